The average Bonchev–Trinajstić information content (AvgIpc) is 2.42. The van der Waals surface area contributed by atoms with E-state index in [2.05, 4.69) is 5.32 Å². The number of nitrogens with one attached hydrogen (secondary N) is 1. The lowest BCUT2D eigenvalue weighted by atomic mass is 10.2. The first kappa shape index (κ1) is 14.8. The summed E-state index contributed by atoms with van der Waals surface area (Å²) >= 11 is 11.8. The maximum atomic E-state index is 10.6. The fourth-order valence-electron chi connectivity index (χ4n) is 1.74. The molecule has 0 aliphatic heterocycles. The Labute approximate surface area is 126 Å². The minimum Gasteiger partial charge on any atom is -0.309 e. The Morgan fingerprint density at radius 3 is 2.35 bits per heavy atom. The molecule has 0 spiro atoms. The van der Waals surface area contributed by atoms with Gasteiger partial charge in [-0.2, -0.15) is 0 Å². The number of non-ortho nitro benzene ring substituents is 1. The third kappa shape index (κ3) is 3.93. The van der Waals surface area contributed by atoms with Crippen molar-refractivity contribution in [3.8, 4) is 0 Å². The SMILES string of the molecule is O=[N+]([O-])c1ccc(CNCc2ccc(Cl)cc2)c(Cl)c1. The minimum absolute atomic E-state index is 0.00329. The van der Waals surface area contributed by atoms with Gasteiger partial charge in [-0.05, 0) is 29.3 Å². The van der Waals surface area contributed by atoms with Crippen LogP contribution in [0.2, 0.25) is 10.0 Å². The molecule has 20 heavy (non-hydrogen) atoms. The van der Waals surface area contributed by atoms with Gasteiger partial charge in [0.2, 0.25) is 0 Å². The third-order valence-electron chi connectivity index (χ3n) is 2.81. The Morgan fingerprint density at radius 2 is 1.75 bits per heavy atom. The third-order valence-corrected chi connectivity index (χ3v) is 3.41. The van der Waals surface area contributed by atoms with Gasteiger partial charge in [0.15, 0.2) is 0 Å². The molecule has 0 atom stereocenters. The lowest BCUT2D eigenvalue weighted by Gasteiger charge is -2.07. The predicted molar refractivity (Wildman–Crippen MR) is 80.1 cm³/mol. The highest BCUT2D eigenvalue weighted by atomic mass is 35.5. The molecular weight excluding hydrogens is 299 g/mol. The zero-order valence-electron chi connectivity index (χ0n) is 10.5. The van der Waals surface area contributed by atoms with Crippen molar-refractivity contribution in [2.75, 3.05) is 0 Å². The van der Waals surface area contributed by atoms with Crippen LogP contribution in [-0.2, 0) is 13.1 Å². The number of nitrogens with zero attached hydrogens (tertiary/aromatic N) is 1. The van der Waals surface area contributed by atoms with Gasteiger partial charge < -0.3 is 5.32 Å². The molecule has 2 aromatic carbocycles. The summed E-state index contributed by atoms with van der Waals surface area (Å²) < 4.78 is 0. The van der Waals surface area contributed by atoms with Crippen molar-refractivity contribution in [2.24, 2.45) is 0 Å². The van der Waals surface area contributed by atoms with Gasteiger partial charge in [-0.15, -0.1) is 0 Å². The monoisotopic (exact) mass is 310 g/mol. The molecule has 0 radical (unpaired) electrons. The van der Waals surface area contributed by atoms with Crippen molar-refractivity contribution in [3.63, 3.8) is 0 Å². The number of hydrogen-bond donors (Lipinski definition) is 1. The quantitative estimate of drug-likeness (QED) is 0.665. The van der Waals surface area contributed by atoms with Crippen LogP contribution in [0.4, 0.5) is 5.69 Å². The van der Waals surface area contributed by atoms with Crippen LogP contribution in [0.5, 0.6) is 0 Å². The minimum atomic E-state index is -0.462. The van der Waals surface area contributed by atoms with E-state index < -0.39 is 4.92 Å². The highest BCUT2D eigenvalue weighted by Crippen LogP contribution is 2.22. The summed E-state index contributed by atoms with van der Waals surface area (Å²) in [7, 11) is 0. The molecule has 1 N–H and O–H groups in total. The van der Waals surface area contributed by atoms with Crippen LogP contribution >= 0.6 is 23.2 Å². The van der Waals surface area contributed by atoms with Gasteiger partial charge in [-0.25, -0.2) is 0 Å². The van der Waals surface area contributed by atoms with E-state index >= 15 is 0 Å². The van der Waals surface area contributed by atoms with Gasteiger partial charge in [-0.1, -0.05) is 35.3 Å². The number of halogens is 2. The van der Waals surface area contributed by atoms with Crippen molar-refractivity contribution in [1.29, 1.82) is 0 Å². The lowest BCUT2D eigenvalue weighted by Crippen LogP contribution is -2.12. The van der Waals surface area contributed by atoms with Crippen LogP contribution in [0, 0.1) is 10.1 Å². The number of nitro groups is 1. The fraction of sp³-hybridized carbons (Fsp3) is 0.143. The van der Waals surface area contributed by atoms with E-state index in [1.165, 1.54) is 12.1 Å². The highest BCUT2D eigenvalue weighted by Gasteiger charge is 2.08. The summed E-state index contributed by atoms with van der Waals surface area (Å²) in [6, 6.07) is 12.0. The van der Waals surface area contributed by atoms with Crippen LogP contribution in [0.15, 0.2) is 42.5 Å². The van der Waals surface area contributed by atoms with Gasteiger partial charge >= 0.3 is 0 Å². The van der Waals surface area contributed by atoms with Crippen molar-refractivity contribution >= 4 is 28.9 Å². The van der Waals surface area contributed by atoms with E-state index in [1.807, 2.05) is 24.3 Å². The lowest BCUT2D eigenvalue weighted by molar-refractivity contribution is -0.384. The molecule has 0 unspecified atom stereocenters. The Morgan fingerprint density at radius 1 is 1.05 bits per heavy atom. The molecule has 6 heteroatoms. The largest absolute Gasteiger partial charge is 0.309 e. The Kier molecular flexibility index (Phi) is 4.95. The van der Waals surface area contributed by atoms with E-state index in [1.54, 1.807) is 6.07 Å². The van der Waals surface area contributed by atoms with Gasteiger partial charge in [0.25, 0.3) is 5.69 Å². The van der Waals surface area contributed by atoms with Crippen LogP contribution in [0.25, 0.3) is 0 Å². The fourth-order valence-corrected chi connectivity index (χ4v) is 2.10. The summed E-state index contributed by atoms with van der Waals surface area (Å²) in [5.41, 5.74) is 1.93. The molecular formula is C14H12Cl2N2O2. The molecule has 0 aliphatic carbocycles. The second-order valence-corrected chi connectivity index (χ2v) is 5.11. The highest BCUT2D eigenvalue weighted by molar-refractivity contribution is 6.31. The first-order chi connectivity index (χ1) is 9.56. The van der Waals surface area contributed by atoms with E-state index in [0.29, 0.717) is 23.1 Å². The van der Waals surface area contributed by atoms with Gasteiger partial charge in [-0.3, -0.25) is 10.1 Å². The topological polar surface area (TPSA) is 55.2 Å². The zero-order valence-corrected chi connectivity index (χ0v) is 12.0. The van der Waals surface area contributed by atoms with Gasteiger partial charge in [0.05, 0.1) is 9.95 Å². The molecule has 0 aromatic heterocycles. The number of nitro benzene ring substituents is 1. The summed E-state index contributed by atoms with van der Waals surface area (Å²) in [5.74, 6) is 0. The Bertz CT molecular complexity index is 615. The summed E-state index contributed by atoms with van der Waals surface area (Å²) in [4.78, 5) is 10.1. The molecule has 0 amide bonds. The van der Waals surface area contributed by atoms with E-state index in [4.69, 9.17) is 23.2 Å². The first-order valence-corrected chi connectivity index (χ1v) is 6.70. The predicted octanol–water partition coefficient (Wildman–Crippen LogP) is 4.19. The zero-order chi connectivity index (χ0) is 14.5. The van der Waals surface area contributed by atoms with Crippen LogP contribution in [0.3, 0.4) is 0 Å². The van der Waals surface area contributed by atoms with E-state index in [9.17, 15) is 10.1 Å². The summed E-state index contributed by atoms with van der Waals surface area (Å²) in [6.07, 6.45) is 0. The summed E-state index contributed by atoms with van der Waals surface area (Å²) in [6.45, 7) is 1.21. The first-order valence-electron chi connectivity index (χ1n) is 5.94. The van der Waals surface area contributed by atoms with Crippen LogP contribution in [-0.4, -0.2) is 4.92 Å². The summed E-state index contributed by atoms with van der Waals surface area (Å²) in [5, 5.41) is 14.9. The number of benzene rings is 2. The molecule has 0 saturated carbocycles. The Balaban J connectivity index is 1.94. The van der Waals surface area contributed by atoms with Crippen LogP contribution in [0.1, 0.15) is 11.1 Å². The van der Waals surface area contributed by atoms with Crippen molar-refractivity contribution < 1.29 is 4.92 Å². The number of hydrogen-bond acceptors (Lipinski definition) is 3. The maximum absolute atomic E-state index is 10.6. The van der Waals surface area contributed by atoms with Crippen LogP contribution < -0.4 is 5.32 Å². The molecule has 104 valence electrons. The molecule has 2 aromatic rings. The molecule has 4 nitrogen and oxygen atoms in total. The molecule has 0 bridgehead atoms. The van der Waals surface area contributed by atoms with E-state index in [0.717, 1.165) is 11.1 Å². The molecule has 0 aliphatic rings. The maximum Gasteiger partial charge on any atom is 0.270 e. The normalized spacial score (nSPS) is 10.5. The number of rotatable bonds is 5. The molecule has 0 heterocycles. The van der Waals surface area contributed by atoms with Gasteiger partial charge in [0, 0.05) is 30.2 Å². The smallest absolute Gasteiger partial charge is 0.270 e. The Hall–Kier alpha value is -1.62. The van der Waals surface area contributed by atoms with Crippen molar-refractivity contribution in [1.82, 2.24) is 5.32 Å². The van der Waals surface area contributed by atoms with Gasteiger partial charge in [0.1, 0.15) is 0 Å². The standard InChI is InChI=1S/C14H12Cl2N2O2/c15-12-4-1-10(2-5-12)8-17-9-11-3-6-13(18(19)20)7-14(11)16/h1-7,17H,8-9H2. The second-order valence-electron chi connectivity index (χ2n) is 4.26. The second kappa shape index (κ2) is 6.70. The molecule has 0 saturated heterocycles. The van der Waals surface area contributed by atoms with Crippen molar-refractivity contribution in [3.05, 3.63) is 73.8 Å². The molecule has 2 rings (SSSR count). The molecule has 0 fully saturated rings. The van der Waals surface area contributed by atoms with Crippen molar-refractivity contribution in [2.45, 2.75) is 13.1 Å². The average molecular weight is 311 g/mol. The van der Waals surface area contributed by atoms with E-state index in [-0.39, 0.29) is 5.69 Å².